The zero-order valence-corrected chi connectivity index (χ0v) is 12.3. The maximum atomic E-state index is 13.7. The minimum absolute atomic E-state index is 0.198. The van der Waals surface area contributed by atoms with Crippen LogP contribution in [0.5, 0.6) is 0 Å². The maximum Gasteiger partial charge on any atom is 0.142 e. The summed E-state index contributed by atoms with van der Waals surface area (Å²) in [5.74, 6) is 0.276. The summed E-state index contributed by atoms with van der Waals surface area (Å²) in [6.07, 6.45) is 7.40. The van der Waals surface area contributed by atoms with Gasteiger partial charge in [0.25, 0.3) is 0 Å². The molecule has 1 aromatic rings. The fourth-order valence-electron chi connectivity index (χ4n) is 3.06. The molecule has 0 saturated heterocycles. The molecule has 1 nitrogen and oxygen atoms in total. The molecule has 0 heterocycles. The van der Waals surface area contributed by atoms with Gasteiger partial charge in [0.1, 0.15) is 5.82 Å². The van der Waals surface area contributed by atoms with Crippen molar-refractivity contribution in [2.45, 2.75) is 51.5 Å². The van der Waals surface area contributed by atoms with Crippen molar-refractivity contribution in [1.29, 1.82) is 0 Å². The lowest BCUT2D eigenvalue weighted by Gasteiger charge is -2.32. The van der Waals surface area contributed by atoms with E-state index < -0.39 is 0 Å². The van der Waals surface area contributed by atoms with Crippen LogP contribution >= 0.6 is 11.6 Å². The minimum atomic E-state index is -0.307. The molecule has 0 spiro atoms. The smallest absolute Gasteiger partial charge is 0.142 e. The Morgan fingerprint density at radius 2 is 2.05 bits per heavy atom. The number of hydrogen-bond acceptors (Lipinski definition) is 1. The zero-order valence-electron chi connectivity index (χ0n) is 11.6. The molecule has 106 valence electrons. The molecule has 1 aliphatic rings. The molecule has 1 N–H and O–H groups in total. The number of nitrogens with one attached hydrogen (secondary N) is 1. The van der Waals surface area contributed by atoms with Crippen LogP contribution in [0.3, 0.4) is 0 Å². The summed E-state index contributed by atoms with van der Waals surface area (Å²) >= 11 is 6.17. The first-order chi connectivity index (χ1) is 9.24. The van der Waals surface area contributed by atoms with Crippen molar-refractivity contribution in [3.05, 3.63) is 34.6 Å². The summed E-state index contributed by atoms with van der Waals surface area (Å²) in [6, 6.07) is 5.36. The topological polar surface area (TPSA) is 12.0 Å². The van der Waals surface area contributed by atoms with E-state index in [0.29, 0.717) is 10.9 Å². The highest BCUT2D eigenvalue weighted by molar-refractivity contribution is 6.31. The molecule has 3 heteroatoms. The van der Waals surface area contributed by atoms with E-state index in [-0.39, 0.29) is 11.9 Å². The Morgan fingerprint density at radius 3 is 2.74 bits per heavy atom. The van der Waals surface area contributed by atoms with Crippen LogP contribution in [-0.2, 0) is 0 Å². The fraction of sp³-hybridized carbons (Fsp3) is 0.625. The molecule has 1 fully saturated rings. The summed E-state index contributed by atoms with van der Waals surface area (Å²) in [5, 5.41) is 3.87. The Balaban J connectivity index is 2.22. The van der Waals surface area contributed by atoms with Gasteiger partial charge < -0.3 is 5.32 Å². The third-order valence-electron chi connectivity index (χ3n) is 4.05. The van der Waals surface area contributed by atoms with Crippen LogP contribution in [-0.4, -0.2) is 6.54 Å². The van der Waals surface area contributed by atoms with E-state index in [9.17, 15) is 4.39 Å². The Morgan fingerprint density at radius 1 is 1.32 bits per heavy atom. The van der Waals surface area contributed by atoms with Gasteiger partial charge in [-0.3, -0.25) is 0 Å². The van der Waals surface area contributed by atoms with Crippen molar-refractivity contribution in [2.24, 2.45) is 5.92 Å². The Labute approximate surface area is 120 Å². The van der Waals surface area contributed by atoms with Crippen molar-refractivity contribution in [1.82, 2.24) is 5.32 Å². The van der Waals surface area contributed by atoms with Gasteiger partial charge in [0, 0.05) is 6.04 Å². The summed E-state index contributed by atoms with van der Waals surface area (Å²) in [7, 11) is 0. The summed E-state index contributed by atoms with van der Waals surface area (Å²) < 4.78 is 13.7. The van der Waals surface area contributed by atoms with Crippen LogP contribution in [0.2, 0.25) is 5.02 Å². The molecule has 0 radical (unpaired) electrons. The number of halogens is 2. The third kappa shape index (κ3) is 3.70. The van der Waals surface area contributed by atoms with Gasteiger partial charge in [0.05, 0.1) is 5.02 Å². The molecule has 1 aromatic carbocycles. The Bertz CT molecular complexity index is 402. The number of rotatable bonds is 5. The van der Waals surface area contributed by atoms with Gasteiger partial charge in [0.2, 0.25) is 0 Å². The van der Waals surface area contributed by atoms with Crippen LogP contribution < -0.4 is 5.32 Å². The molecule has 0 amide bonds. The van der Waals surface area contributed by atoms with E-state index in [2.05, 4.69) is 12.2 Å². The van der Waals surface area contributed by atoms with Crippen molar-refractivity contribution in [2.75, 3.05) is 6.54 Å². The monoisotopic (exact) mass is 283 g/mol. The lowest BCUT2D eigenvalue weighted by molar-refractivity contribution is 0.271. The maximum absolute atomic E-state index is 13.7. The number of benzene rings is 1. The van der Waals surface area contributed by atoms with Gasteiger partial charge in [-0.15, -0.1) is 0 Å². The minimum Gasteiger partial charge on any atom is -0.310 e. The molecular weight excluding hydrogens is 261 g/mol. The molecular formula is C16H23ClFN. The fourth-order valence-corrected chi connectivity index (χ4v) is 3.30. The second-order valence-electron chi connectivity index (χ2n) is 5.47. The molecule has 1 saturated carbocycles. The molecule has 1 aliphatic carbocycles. The first kappa shape index (κ1) is 14.8. The van der Waals surface area contributed by atoms with Crippen molar-refractivity contribution in [3.8, 4) is 0 Å². The Kier molecular flexibility index (Phi) is 5.65. The highest BCUT2D eigenvalue weighted by Gasteiger charge is 2.26. The lowest BCUT2D eigenvalue weighted by atomic mass is 9.81. The van der Waals surface area contributed by atoms with Gasteiger partial charge in [-0.25, -0.2) is 4.39 Å². The van der Waals surface area contributed by atoms with Crippen LogP contribution in [0.15, 0.2) is 18.2 Å². The summed E-state index contributed by atoms with van der Waals surface area (Å²) in [4.78, 5) is 0. The standard InChI is InChI=1S/C16H23ClFN/c1-2-11-19-16(12-7-4-3-5-8-12)13-9-6-10-14(18)15(13)17/h6,9-10,12,16,19H,2-5,7-8,11H2,1H3. The predicted molar refractivity (Wildman–Crippen MR) is 79.0 cm³/mol. The molecule has 0 aliphatic heterocycles. The van der Waals surface area contributed by atoms with Gasteiger partial charge in [0.15, 0.2) is 0 Å². The summed E-state index contributed by atoms with van der Waals surface area (Å²) in [6.45, 7) is 3.10. The van der Waals surface area contributed by atoms with Crippen LogP contribution in [0.25, 0.3) is 0 Å². The van der Waals surface area contributed by atoms with E-state index in [0.717, 1.165) is 18.5 Å². The molecule has 2 rings (SSSR count). The molecule has 1 unspecified atom stereocenters. The Hall–Kier alpha value is -0.600. The van der Waals surface area contributed by atoms with Gasteiger partial charge in [-0.05, 0) is 43.4 Å². The average molecular weight is 284 g/mol. The lowest BCUT2D eigenvalue weighted by Crippen LogP contribution is -2.30. The average Bonchev–Trinajstić information content (AvgIpc) is 2.45. The molecule has 1 atom stereocenters. The van der Waals surface area contributed by atoms with E-state index in [4.69, 9.17) is 11.6 Å². The third-order valence-corrected chi connectivity index (χ3v) is 4.45. The van der Waals surface area contributed by atoms with Gasteiger partial charge in [-0.1, -0.05) is 49.9 Å². The predicted octanol–water partition coefficient (Wildman–Crippen LogP) is 5.10. The second-order valence-corrected chi connectivity index (χ2v) is 5.85. The van der Waals surface area contributed by atoms with Crippen LogP contribution in [0, 0.1) is 11.7 Å². The zero-order chi connectivity index (χ0) is 13.7. The highest BCUT2D eigenvalue weighted by Crippen LogP contribution is 2.37. The SMILES string of the molecule is CCCNC(c1cccc(F)c1Cl)C1CCCCC1. The van der Waals surface area contributed by atoms with Crippen molar-refractivity contribution < 1.29 is 4.39 Å². The quantitative estimate of drug-likeness (QED) is 0.793. The summed E-state index contributed by atoms with van der Waals surface area (Å²) in [5.41, 5.74) is 0.932. The first-order valence-electron chi connectivity index (χ1n) is 7.41. The van der Waals surface area contributed by atoms with Gasteiger partial charge in [-0.2, -0.15) is 0 Å². The van der Waals surface area contributed by atoms with Crippen LogP contribution in [0.1, 0.15) is 57.1 Å². The molecule has 19 heavy (non-hydrogen) atoms. The van der Waals surface area contributed by atoms with E-state index in [1.807, 2.05) is 6.07 Å². The van der Waals surface area contributed by atoms with E-state index >= 15 is 0 Å². The molecule has 0 aromatic heterocycles. The first-order valence-corrected chi connectivity index (χ1v) is 7.79. The van der Waals surface area contributed by atoms with Crippen molar-refractivity contribution in [3.63, 3.8) is 0 Å². The normalized spacial score (nSPS) is 18.5. The molecule has 0 bridgehead atoms. The second kappa shape index (κ2) is 7.25. The highest BCUT2D eigenvalue weighted by atomic mass is 35.5. The number of hydrogen-bond donors (Lipinski definition) is 1. The van der Waals surface area contributed by atoms with E-state index in [1.54, 1.807) is 6.07 Å². The van der Waals surface area contributed by atoms with Gasteiger partial charge >= 0.3 is 0 Å². The van der Waals surface area contributed by atoms with Crippen LogP contribution in [0.4, 0.5) is 4.39 Å². The largest absolute Gasteiger partial charge is 0.310 e. The van der Waals surface area contributed by atoms with E-state index in [1.165, 1.54) is 38.2 Å². The van der Waals surface area contributed by atoms with Crippen molar-refractivity contribution >= 4 is 11.6 Å².